The molecule has 0 fully saturated rings. The fourth-order valence-corrected chi connectivity index (χ4v) is 6.68. The van der Waals surface area contributed by atoms with Crippen LogP contribution in [0.25, 0.3) is 11.1 Å². The van der Waals surface area contributed by atoms with Crippen molar-refractivity contribution in [1.82, 2.24) is 19.7 Å². The molecule has 0 saturated heterocycles. The highest BCUT2D eigenvalue weighted by molar-refractivity contribution is 8.00. The monoisotopic (exact) mass is 823 g/mol. The number of carboxylic acid groups (broad SMARTS) is 2. The van der Waals surface area contributed by atoms with E-state index in [0.717, 1.165) is 47.7 Å². The van der Waals surface area contributed by atoms with Crippen molar-refractivity contribution >= 4 is 47.3 Å². The van der Waals surface area contributed by atoms with Gasteiger partial charge >= 0.3 is 18.1 Å². The molecule has 0 unspecified atom stereocenters. The number of amides is 4. The molecule has 1 aliphatic heterocycles. The van der Waals surface area contributed by atoms with Gasteiger partial charge in [0.25, 0.3) is 11.8 Å². The molecule has 0 radical (unpaired) electrons. The van der Waals surface area contributed by atoms with Gasteiger partial charge in [-0.25, -0.2) is 18.4 Å². The molecule has 1 aliphatic rings. The minimum Gasteiger partial charge on any atom is -0.480 e. The van der Waals surface area contributed by atoms with E-state index >= 15 is 4.39 Å². The maximum atomic E-state index is 15.0. The summed E-state index contributed by atoms with van der Waals surface area (Å²) in [6.07, 6.45) is -0.832. The molecule has 57 heavy (non-hydrogen) atoms. The number of aromatic nitrogens is 1. The Morgan fingerprint density at radius 3 is 2.11 bits per heavy atom. The van der Waals surface area contributed by atoms with E-state index in [4.69, 9.17) is 15.6 Å². The van der Waals surface area contributed by atoms with Crippen molar-refractivity contribution in [2.45, 2.75) is 52.0 Å². The third-order valence-corrected chi connectivity index (χ3v) is 9.31. The number of aliphatic carboxylic acids is 2. The average Bonchev–Trinajstić information content (AvgIpc) is 3.67. The predicted octanol–water partition coefficient (Wildman–Crippen LogP) is 4.61. The number of benzene rings is 2. The maximum absolute atomic E-state index is 15.0. The summed E-state index contributed by atoms with van der Waals surface area (Å²) >= 11 is 1.01. The summed E-state index contributed by atoms with van der Waals surface area (Å²) in [5, 5.41) is 19.2. The molecule has 13 nitrogen and oxygen atoms in total. The number of imide groups is 1. The van der Waals surface area contributed by atoms with E-state index in [-0.39, 0.29) is 29.5 Å². The van der Waals surface area contributed by atoms with Gasteiger partial charge in [0, 0.05) is 54.0 Å². The zero-order valence-corrected chi connectivity index (χ0v) is 31.9. The van der Waals surface area contributed by atoms with Gasteiger partial charge in [-0.15, -0.1) is 11.8 Å². The number of nitrogens with one attached hydrogen (secondary N) is 1. The van der Waals surface area contributed by atoms with E-state index in [9.17, 15) is 46.6 Å². The lowest BCUT2D eigenvalue weighted by Crippen LogP contribution is -2.48. The lowest BCUT2D eigenvalue weighted by atomic mass is 9.83. The zero-order valence-electron chi connectivity index (χ0n) is 31.1. The Kier molecular flexibility index (Phi) is 16.1. The van der Waals surface area contributed by atoms with Gasteiger partial charge in [-0.1, -0.05) is 51.1 Å². The van der Waals surface area contributed by atoms with Gasteiger partial charge in [-0.3, -0.25) is 24.1 Å². The molecule has 5 N–H and O–H groups in total. The van der Waals surface area contributed by atoms with E-state index < -0.39 is 71.5 Å². The van der Waals surface area contributed by atoms with Crippen molar-refractivity contribution < 1.29 is 60.9 Å². The summed E-state index contributed by atoms with van der Waals surface area (Å²) < 4.78 is 63.0. The lowest BCUT2D eigenvalue weighted by Gasteiger charge is -2.41. The summed E-state index contributed by atoms with van der Waals surface area (Å²) in [6.45, 7) is 6.22. The quantitative estimate of drug-likeness (QED) is 0.117. The van der Waals surface area contributed by atoms with Crippen molar-refractivity contribution in [2.24, 2.45) is 11.1 Å². The number of nitrogens with zero attached hydrogens (tertiary/aromatic N) is 3. The predicted molar refractivity (Wildman–Crippen MR) is 199 cm³/mol. The van der Waals surface area contributed by atoms with Crippen LogP contribution in [-0.4, -0.2) is 104 Å². The molecular formula is C38H42F5N5O8S. The molecule has 4 amide bonds. The topological polar surface area (TPSA) is 192 Å². The summed E-state index contributed by atoms with van der Waals surface area (Å²) in [6, 6.07) is 12.6. The van der Waals surface area contributed by atoms with Gasteiger partial charge < -0.3 is 30.7 Å². The van der Waals surface area contributed by atoms with E-state index in [0.29, 0.717) is 35.7 Å². The summed E-state index contributed by atoms with van der Waals surface area (Å²) in [5.74, 6) is -8.11. The maximum Gasteiger partial charge on any atom is 0.490 e. The van der Waals surface area contributed by atoms with Gasteiger partial charge in [0.15, 0.2) is 0 Å². The van der Waals surface area contributed by atoms with E-state index in [1.165, 1.54) is 0 Å². The number of carbonyl (C=O) groups is 6. The molecule has 2 atom stereocenters. The molecule has 0 spiro atoms. The van der Waals surface area contributed by atoms with Gasteiger partial charge in [-0.2, -0.15) is 13.2 Å². The number of rotatable bonds is 16. The van der Waals surface area contributed by atoms with E-state index in [2.05, 4.69) is 5.32 Å². The van der Waals surface area contributed by atoms with Crippen molar-refractivity contribution in [2.75, 3.05) is 31.1 Å². The highest BCUT2D eigenvalue weighted by Crippen LogP contribution is 2.41. The Bertz CT molecular complexity index is 1950. The van der Waals surface area contributed by atoms with Crippen LogP contribution in [0.15, 0.2) is 72.9 Å². The number of thioether (sulfide) groups is 1. The molecule has 2 aromatic carbocycles. The van der Waals surface area contributed by atoms with E-state index in [1.807, 2.05) is 55.7 Å². The summed E-state index contributed by atoms with van der Waals surface area (Å²) in [7, 11) is 0. The zero-order chi connectivity index (χ0) is 42.7. The third-order valence-electron chi connectivity index (χ3n) is 8.29. The van der Waals surface area contributed by atoms with Crippen LogP contribution in [0, 0.1) is 17.0 Å². The highest BCUT2D eigenvalue weighted by Gasteiger charge is 2.39. The molecule has 1 aromatic heterocycles. The number of hydrogen-bond donors (Lipinski definition) is 4. The van der Waals surface area contributed by atoms with Gasteiger partial charge in [0.05, 0.1) is 11.8 Å². The fourth-order valence-electron chi connectivity index (χ4n) is 5.76. The molecule has 4 rings (SSSR count). The first-order valence-electron chi connectivity index (χ1n) is 17.3. The fraction of sp³-hybridized carbons (Fsp3) is 0.368. The van der Waals surface area contributed by atoms with Crippen LogP contribution in [0.2, 0.25) is 0 Å². The molecule has 0 bridgehead atoms. The normalized spacial score (nSPS) is 13.8. The Morgan fingerprint density at radius 2 is 1.56 bits per heavy atom. The number of carboxylic acids is 2. The number of nitrogens with two attached hydrogens (primary N) is 1. The van der Waals surface area contributed by atoms with Crippen LogP contribution < -0.4 is 11.1 Å². The number of hydrogen-bond acceptors (Lipinski definition) is 8. The Labute approximate surface area is 328 Å². The third kappa shape index (κ3) is 13.3. The molecule has 0 aliphatic carbocycles. The van der Waals surface area contributed by atoms with Crippen LogP contribution in [0.5, 0.6) is 0 Å². The molecule has 2 heterocycles. The highest BCUT2D eigenvalue weighted by atomic mass is 32.2. The smallest absolute Gasteiger partial charge is 0.480 e. The SMILES string of the molecule is CC(C)(C)[C@H](c1cc(-c2cc(F)ccc2F)cn1Cc1ccccc1)N(CCCN)C(=O)CSC[C@H](NC(=O)CN1C(=O)C=CC1=O)C(=O)O.O=C(O)C(F)(F)F. The minimum atomic E-state index is -5.08. The van der Waals surface area contributed by atoms with Crippen molar-refractivity contribution in [3.05, 3.63) is 95.8 Å². The van der Waals surface area contributed by atoms with Crippen molar-refractivity contribution in [3.8, 4) is 11.1 Å². The summed E-state index contributed by atoms with van der Waals surface area (Å²) in [5.41, 5.74) is 7.47. The first-order chi connectivity index (χ1) is 26.6. The number of carbonyl (C=O) groups excluding carboxylic acids is 4. The standard InChI is InChI=1S/C36H41F2N5O6S.C2HF3O2/c1-36(2,3)34(29-16-24(26-17-25(37)10-11-27(26)38)19-41(29)18-23-8-5-4-6-9-23)42(15-7-14-39)33(47)22-50-21-28(35(48)49)40-30(44)20-43-31(45)12-13-32(43)46;3-2(4,5)1(6)7/h4-6,8-13,16-17,19,28,34H,7,14-15,18,20-22,39H2,1-3H3,(H,40,44)(H,48,49);(H,6,7)/t28-,34-;/m0./s1. The Balaban J connectivity index is 0.00000113. The van der Waals surface area contributed by atoms with Gasteiger partial charge in [-0.05, 0) is 48.2 Å². The molecular weight excluding hydrogens is 782 g/mol. The summed E-state index contributed by atoms with van der Waals surface area (Å²) in [4.78, 5) is 73.4. The second-order valence-corrected chi connectivity index (χ2v) is 14.8. The van der Waals surface area contributed by atoms with Crippen LogP contribution >= 0.6 is 11.8 Å². The Morgan fingerprint density at radius 1 is 0.947 bits per heavy atom. The number of halogens is 5. The van der Waals surface area contributed by atoms with E-state index in [1.54, 1.807) is 17.2 Å². The van der Waals surface area contributed by atoms with Gasteiger partial charge in [0.2, 0.25) is 11.8 Å². The first kappa shape index (κ1) is 45.8. The minimum absolute atomic E-state index is 0.0811. The first-order valence-corrected chi connectivity index (χ1v) is 18.4. The molecule has 3 aromatic rings. The largest absolute Gasteiger partial charge is 0.490 e. The van der Waals surface area contributed by atoms with Crippen LogP contribution in [0.3, 0.4) is 0 Å². The second-order valence-electron chi connectivity index (χ2n) is 13.8. The van der Waals surface area contributed by atoms with Crippen molar-refractivity contribution in [1.29, 1.82) is 0 Å². The number of alkyl halides is 3. The molecule has 0 saturated carbocycles. The average molecular weight is 824 g/mol. The van der Waals surface area contributed by atoms with Crippen LogP contribution in [0.4, 0.5) is 22.0 Å². The second kappa shape index (κ2) is 20.0. The van der Waals surface area contributed by atoms with Crippen LogP contribution in [-0.2, 0) is 35.3 Å². The van der Waals surface area contributed by atoms with Crippen molar-refractivity contribution in [3.63, 3.8) is 0 Å². The lowest BCUT2D eigenvalue weighted by molar-refractivity contribution is -0.192. The van der Waals surface area contributed by atoms with Crippen LogP contribution in [0.1, 0.15) is 44.5 Å². The molecule has 308 valence electrons. The Hall–Kier alpha value is -5.56. The molecule has 19 heteroatoms. The van der Waals surface area contributed by atoms with Gasteiger partial charge in [0.1, 0.15) is 24.2 Å².